The van der Waals surface area contributed by atoms with Crippen molar-refractivity contribution in [3.8, 4) is 5.75 Å². The minimum atomic E-state index is -0.924. The van der Waals surface area contributed by atoms with Crippen molar-refractivity contribution in [1.29, 1.82) is 0 Å². The molecule has 0 aliphatic carbocycles. The Morgan fingerprint density at radius 1 is 1.00 bits per heavy atom. The van der Waals surface area contributed by atoms with Crippen LogP contribution in [0.4, 0.5) is 5.69 Å². The molecular weight excluding hydrogens is 514 g/mol. The van der Waals surface area contributed by atoms with Crippen molar-refractivity contribution in [2.24, 2.45) is 0 Å². The monoisotopic (exact) mass is 549 g/mol. The maximum Gasteiger partial charge on any atom is 0.337 e. The van der Waals surface area contributed by atoms with E-state index in [1.54, 1.807) is 27.0 Å². The zero-order valence-electron chi connectivity index (χ0n) is 23.3. The van der Waals surface area contributed by atoms with E-state index in [0.717, 1.165) is 31.5 Å². The van der Waals surface area contributed by atoms with Crippen molar-refractivity contribution < 1.29 is 28.7 Å². The first kappa shape index (κ1) is 28.8. The number of methoxy groups -OCH3 is 2. The molecule has 2 aromatic carbocycles. The highest BCUT2D eigenvalue weighted by atomic mass is 16.6. The molecule has 2 unspecified atom stereocenters. The average molecular weight is 550 g/mol. The number of allylic oxidation sites excluding steroid dienone is 2. The summed E-state index contributed by atoms with van der Waals surface area (Å²) in [5.41, 5.74) is 2.47. The number of nitrogens with zero attached hydrogens (tertiary/aromatic N) is 2. The maximum absolute atomic E-state index is 14.1. The van der Waals surface area contributed by atoms with Gasteiger partial charge in [-0.25, -0.2) is 9.59 Å². The number of non-ortho nitro benzene ring substituents is 1. The smallest absolute Gasteiger partial charge is 0.337 e. The molecule has 2 aliphatic heterocycles. The predicted octanol–water partition coefficient (Wildman–Crippen LogP) is 4.78. The maximum atomic E-state index is 14.1. The van der Waals surface area contributed by atoms with Gasteiger partial charge in [0.05, 0.1) is 36.2 Å². The van der Waals surface area contributed by atoms with Crippen LogP contribution in [-0.4, -0.2) is 55.6 Å². The van der Waals surface area contributed by atoms with Crippen LogP contribution in [0.3, 0.4) is 0 Å². The van der Waals surface area contributed by atoms with Gasteiger partial charge in [0.15, 0.2) is 0 Å². The fourth-order valence-electron chi connectivity index (χ4n) is 5.39. The number of carbonyl (C=O) groups excluding carboxylic acids is 2. The van der Waals surface area contributed by atoms with Gasteiger partial charge in [0.25, 0.3) is 5.69 Å². The predicted molar refractivity (Wildman–Crippen MR) is 149 cm³/mol. The Morgan fingerprint density at radius 2 is 1.65 bits per heavy atom. The molecule has 1 N–H and O–H groups in total. The molecule has 0 amide bonds. The molecule has 0 radical (unpaired) electrons. The first-order chi connectivity index (χ1) is 19.2. The molecule has 2 atom stereocenters. The number of carbonyl (C=O) groups is 2. The second kappa shape index (κ2) is 12.8. The number of likely N-dealkylation sites (tertiary alicyclic amines) is 1. The number of ether oxygens (including phenoxy) is 3. The quantitative estimate of drug-likeness (QED) is 0.268. The van der Waals surface area contributed by atoms with Crippen LogP contribution < -0.4 is 10.1 Å². The number of dihydropyridines is 1. The number of nitrogens with one attached hydrogen (secondary N) is 1. The van der Waals surface area contributed by atoms with E-state index >= 15 is 0 Å². The zero-order chi connectivity index (χ0) is 28.8. The Bertz CT molecular complexity index is 1330. The molecule has 10 nitrogen and oxygen atoms in total. The molecule has 4 rings (SSSR count). The lowest BCUT2D eigenvalue weighted by Crippen LogP contribution is -2.36. The number of piperidine rings is 1. The van der Waals surface area contributed by atoms with Crippen LogP contribution in [0.25, 0.3) is 0 Å². The molecule has 0 aromatic heterocycles. The van der Waals surface area contributed by atoms with E-state index in [2.05, 4.69) is 10.2 Å². The number of hydrogen-bond acceptors (Lipinski definition) is 9. The van der Waals surface area contributed by atoms with E-state index in [4.69, 9.17) is 14.2 Å². The van der Waals surface area contributed by atoms with Crippen LogP contribution in [-0.2, 0) is 19.1 Å². The van der Waals surface area contributed by atoms with Gasteiger partial charge in [0, 0.05) is 30.1 Å². The largest absolute Gasteiger partial charge is 0.497 e. The van der Waals surface area contributed by atoms with Gasteiger partial charge in [-0.15, -0.1) is 0 Å². The fraction of sp³-hybridized carbons (Fsp3) is 0.400. The molecule has 1 fully saturated rings. The Labute approximate surface area is 233 Å². The summed E-state index contributed by atoms with van der Waals surface area (Å²) in [7, 11) is 2.85. The van der Waals surface area contributed by atoms with Crippen LogP contribution in [0.15, 0.2) is 71.1 Å². The van der Waals surface area contributed by atoms with Crippen LogP contribution >= 0.6 is 0 Å². The fourth-order valence-corrected chi connectivity index (χ4v) is 5.39. The number of nitro benzene ring substituents is 1. The van der Waals surface area contributed by atoms with Gasteiger partial charge in [-0.3, -0.25) is 15.0 Å². The topological polar surface area (TPSA) is 120 Å². The van der Waals surface area contributed by atoms with Gasteiger partial charge in [0.2, 0.25) is 0 Å². The molecular formula is C30H35N3O7. The Kier molecular flexibility index (Phi) is 9.21. The lowest BCUT2D eigenvalue weighted by Gasteiger charge is -2.33. The summed E-state index contributed by atoms with van der Waals surface area (Å²) in [5.74, 6) is -1.49. The van der Waals surface area contributed by atoms with Crippen molar-refractivity contribution in [3.05, 3.63) is 92.3 Å². The number of benzene rings is 2. The number of nitro groups is 1. The highest BCUT2D eigenvalue weighted by molar-refractivity contribution is 6.00. The van der Waals surface area contributed by atoms with Crippen LogP contribution in [0.1, 0.15) is 56.3 Å². The first-order valence-electron chi connectivity index (χ1n) is 13.3. The molecule has 0 bridgehead atoms. The zero-order valence-corrected chi connectivity index (χ0v) is 23.3. The van der Waals surface area contributed by atoms with E-state index in [-0.39, 0.29) is 16.8 Å². The van der Waals surface area contributed by atoms with Crippen molar-refractivity contribution in [2.45, 2.75) is 45.1 Å². The summed E-state index contributed by atoms with van der Waals surface area (Å²) < 4.78 is 16.6. The van der Waals surface area contributed by atoms with E-state index in [1.807, 2.05) is 24.3 Å². The van der Waals surface area contributed by atoms with Crippen molar-refractivity contribution >= 4 is 17.6 Å². The second-order valence-electron chi connectivity index (χ2n) is 10.0. The summed E-state index contributed by atoms with van der Waals surface area (Å²) in [5, 5.41) is 14.7. The SMILES string of the molecule is COC(=O)C1=C(C)NC(C)=C(C(=O)OC(CN2CCCCC2)c2ccc(OC)cc2)C1c1cccc([N+](=O)[O-])c1. The highest BCUT2D eigenvalue weighted by Gasteiger charge is 2.39. The molecule has 2 aromatic rings. The molecule has 10 heteroatoms. The highest BCUT2D eigenvalue weighted by Crippen LogP contribution is 2.41. The Balaban J connectivity index is 1.74. The molecule has 40 heavy (non-hydrogen) atoms. The standard InChI is InChI=1S/C30H35N3O7/c1-19-26(29(34)39-4)28(22-9-8-10-23(17-22)33(36)37)27(20(2)31-19)30(35)40-25(18-32-15-6-5-7-16-32)21-11-13-24(38-3)14-12-21/h8-14,17,25,28,31H,5-7,15-16,18H2,1-4H3. The number of rotatable bonds is 9. The van der Waals surface area contributed by atoms with E-state index in [1.165, 1.54) is 31.7 Å². The van der Waals surface area contributed by atoms with Crippen LogP contribution in [0.5, 0.6) is 5.75 Å². The number of hydrogen-bond donors (Lipinski definition) is 1. The molecule has 212 valence electrons. The Morgan fingerprint density at radius 3 is 2.25 bits per heavy atom. The van der Waals surface area contributed by atoms with Gasteiger partial charge < -0.3 is 19.5 Å². The van der Waals surface area contributed by atoms with Crippen molar-refractivity contribution in [1.82, 2.24) is 10.2 Å². The molecule has 0 spiro atoms. The second-order valence-corrected chi connectivity index (χ2v) is 10.0. The van der Waals surface area contributed by atoms with Crippen molar-refractivity contribution in [2.75, 3.05) is 33.9 Å². The van der Waals surface area contributed by atoms with E-state index in [9.17, 15) is 19.7 Å². The summed E-state index contributed by atoms with van der Waals surface area (Å²) in [6, 6.07) is 13.3. The molecule has 2 heterocycles. The third kappa shape index (κ3) is 6.34. The third-order valence-corrected chi connectivity index (χ3v) is 7.41. The van der Waals surface area contributed by atoms with Gasteiger partial charge in [-0.05, 0) is 63.0 Å². The minimum absolute atomic E-state index is 0.149. The molecule has 2 aliphatic rings. The summed E-state index contributed by atoms with van der Waals surface area (Å²) in [4.78, 5) is 40.4. The normalized spacial score (nSPS) is 18.6. The average Bonchev–Trinajstić information content (AvgIpc) is 2.96. The van der Waals surface area contributed by atoms with Crippen LogP contribution in [0, 0.1) is 10.1 Å². The van der Waals surface area contributed by atoms with Gasteiger partial charge >= 0.3 is 11.9 Å². The third-order valence-electron chi connectivity index (χ3n) is 7.41. The van der Waals surface area contributed by atoms with Gasteiger partial charge in [0.1, 0.15) is 11.9 Å². The van der Waals surface area contributed by atoms with Crippen molar-refractivity contribution in [3.63, 3.8) is 0 Å². The van der Waals surface area contributed by atoms with Crippen LogP contribution in [0.2, 0.25) is 0 Å². The molecule has 1 saturated heterocycles. The summed E-state index contributed by atoms with van der Waals surface area (Å²) >= 11 is 0. The first-order valence-corrected chi connectivity index (χ1v) is 13.3. The summed E-state index contributed by atoms with van der Waals surface area (Å²) in [6.45, 7) is 5.78. The van der Waals surface area contributed by atoms with Gasteiger partial charge in [-0.2, -0.15) is 0 Å². The van der Waals surface area contributed by atoms with Gasteiger partial charge in [-0.1, -0.05) is 30.7 Å². The minimum Gasteiger partial charge on any atom is -0.497 e. The van der Waals surface area contributed by atoms with E-state index in [0.29, 0.717) is 29.3 Å². The molecule has 0 saturated carbocycles. The lowest BCUT2D eigenvalue weighted by atomic mass is 9.80. The lowest BCUT2D eigenvalue weighted by molar-refractivity contribution is -0.384. The summed E-state index contributed by atoms with van der Waals surface area (Å²) in [6.07, 6.45) is 2.75. The Hall–Kier alpha value is -4.18. The van der Waals surface area contributed by atoms with E-state index < -0.39 is 28.9 Å². The number of esters is 2.